The molecule has 0 spiro atoms. The fourth-order valence-corrected chi connectivity index (χ4v) is 2.14. The lowest BCUT2D eigenvalue weighted by Crippen LogP contribution is -2.64. The number of Topliss-reactive ketones (excluding diaryl/α,β-unsaturated/α-hetero) is 1. The van der Waals surface area contributed by atoms with Gasteiger partial charge in [-0.1, -0.05) is 0 Å². The maximum absolute atomic E-state index is 11.7. The van der Waals surface area contributed by atoms with Gasteiger partial charge < -0.3 is 28.8 Å². The van der Waals surface area contributed by atoms with E-state index in [1.54, 1.807) is 13.8 Å². The average molecular weight is 320 g/mol. The normalized spacial score (nSPS) is 33.3. The van der Waals surface area contributed by atoms with Gasteiger partial charge in [0.25, 0.3) is 0 Å². The van der Waals surface area contributed by atoms with Crippen molar-refractivity contribution in [2.24, 2.45) is 0 Å². The summed E-state index contributed by atoms with van der Waals surface area (Å²) in [5, 5.41) is 10.1. The molecule has 1 unspecified atom stereocenters. The summed E-state index contributed by atoms with van der Waals surface area (Å²) in [6, 6.07) is 0. The van der Waals surface area contributed by atoms with Gasteiger partial charge in [-0.3, -0.25) is 9.59 Å². The number of aliphatic hydroxyl groups excluding tert-OH is 1. The average Bonchev–Trinajstić information content (AvgIpc) is 2.49. The van der Waals surface area contributed by atoms with Crippen molar-refractivity contribution in [1.82, 2.24) is 0 Å². The number of esters is 1. The zero-order chi connectivity index (χ0) is 17.0. The van der Waals surface area contributed by atoms with Crippen LogP contribution in [0.3, 0.4) is 0 Å². The monoisotopic (exact) mass is 320 g/mol. The fourth-order valence-electron chi connectivity index (χ4n) is 2.14. The Balaban J connectivity index is 2.67. The van der Waals surface area contributed by atoms with Gasteiger partial charge in [0.2, 0.25) is 11.6 Å². The first-order valence-corrected chi connectivity index (χ1v) is 6.90. The van der Waals surface area contributed by atoms with Crippen molar-refractivity contribution in [2.75, 3.05) is 27.9 Å². The molecule has 1 aliphatic rings. The fraction of sp³-hybridized carbons (Fsp3) is 0.857. The van der Waals surface area contributed by atoms with Gasteiger partial charge in [0, 0.05) is 20.6 Å². The van der Waals surface area contributed by atoms with Crippen LogP contribution in [0.25, 0.3) is 0 Å². The minimum absolute atomic E-state index is 0.0238. The topological polar surface area (TPSA) is 101 Å². The first kappa shape index (κ1) is 19.0. The molecule has 1 N–H and O–H groups in total. The molecule has 1 heterocycles. The van der Waals surface area contributed by atoms with Crippen molar-refractivity contribution in [3.63, 3.8) is 0 Å². The standard InChI is InChI=1S/C14H24O8/c1-13(19-4)14(2,20-5)22-11(8-21-13)10(16)6-9(15)7-12(17)18-3/h10-11,16H,6-8H2,1-5H3/t10?,11-,13+,14+/m0/s1. The van der Waals surface area contributed by atoms with Gasteiger partial charge in [0.05, 0.1) is 19.8 Å². The number of methoxy groups -OCH3 is 3. The number of hydrogen-bond acceptors (Lipinski definition) is 8. The molecule has 0 aromatic rings. The van der Waals surface area contributed by atoms with E-state index < -0.39 is 42.0 Å². The lowest BCUT2D eigenvalue weighted by Gasteiger charge is -2.49. The molecule has 0 aromatic heterocycles. The summed E-state index contributed by atoms with van der Waals surface area (Å²) in [6.07, 6.45) is -2.55. The predicted molar refractivity (Wildman–Crippen MR) is 73.9 cm³/mol. The number of aliphatic hydroxyl groups is 1. The minimum Gasteiger partial charge on any atom is -0.469 e. The van der Waals surface area contributed by atoms with E-state index in [0.29, 0.717) is 0 Å². The van der Waals surface area contributed by atoms with E-state index >= 15 is 0 Å². The number of carbonyl (C=O) groups is 2. The SMILES string of the molecule is COC(=O)CC(=O)CC(O)[C@@H]1CO[C@@](C)(OC)[C@](C)(OC)O1. The number of ketones is 1. The molecule has 0 aliphatic carbocycles. The highest BCUT2D eigenvalue weighted by Gasteiger charge is 2.54. The third-order valence-electron chi connectivity index (χ3n) is 3.94. The zero-order valence-electron chi connectivity index (χ0n) is 13.6. The van der Waals surface area contributed by atoms with E-state index in [9.17, 15) is 14.7 Å². The Hall–Kier alpha value is -1.06. The highest BCUT2D eigenvalue weighted by molar-refractivity contribution is 5.95. The van der Waals surface area contributed by atoms with Crippen molar-refractivity contribution >= 4 is 11.8 Å². The van der Waals surface area contributed by atoms with Crippen LogP contribution in [0.4, 0.5) is 0 Å². The molecular formula is C14H24O8. The molecule has 8 nitrogen and oxygen atoms in total. The van der Waals surface area contributed by atoms with Crippen molar-refractivity contribution < 1.29 is 38.4 Å². The van der Waals surface area contributed by atoms with Gasteiger partial charge in [0.15, 0.2) is 0 Å². The minimum atomic E-state index is -1.25. The molecular weight excluding hydrogens is 296 g/mol. The van der Waals surface area contributed by atoms with Crippen molar-refractivity contribution in [3.05, 3.63) is 0 Å². The molecule has 1 fully saturated rings. The van der Waals surface area contributed by atoms with E-state index in [1.807, 2.05) is 0 Å². The highest BCUT2D eigenvalue weighted by Crippen LogP contribution is 2.37. The van der Waals surface area contributed by atoms with Crippen LogP contribution >= 0.6 is 0 Å². The Morgan fingerprint density at radius 3 is 2.32 bits per heavy atom. The summed E-state index contributed by atoms with van der Waals surface area (Å²) in [4.78, 5) is 22.7. The van der Waals surface area contributed by atoms with E-state index in [2.05, 4.69) is 4.74 Å². The molecule has 1 aliphatic heterocycles. The third kappa shape index (κ3) is 4.02. The second-order valence-corrected chi connectivity index (χ2v) is 5.33. The Morgan fingerprint density at radius 2 is 1.82 bits per heavy atom. The largest absolute Gasteiger partial charge is 0.469 e. The van der Waals surface area contributed by atoms with Crippen LogP contribution in [0, 0.1) is 0 Å². The van der Waals surface area contributed by atoms with Crippen LogP contribution in [-0.2, 0) is 33.3 Å². The van der Waals surface area contributed by atoms with Crippen LogP contribution in [0.1, 0.15) is 26.7 Å². The van der Waals surface area contributed by atoms with Crippen molar-refractivity contribution in [2.45, 2.75) is 50.5 Å². The summed E-state index contributed by atoms with van der Waals surface area (Å²) < 4.78 is 26.3. The Bertz CT molecular complexity index is 412. The second kappa shape index (κ2) is 7.47. The van der Waals surface area contributed by atoms with Crippen LogP contribution in [0.2, 0.25) is 0 Å². The molecule has 0 saturated carbocycles. The lowest BCUT2D eigenvalue weighted by atomic mass is 10.0. The molecule has 1 saturated heterocycles. The quantitative estimate of drug-likeness (QED) is 0.517. The van der Waals surface area contributed by atoms with Crippen LogP contribution < -0.4 is 0 Å². The van der Waals surface area contributed by atoms with E-state index in [0.717, 1.165) is 0 Å². The van der Waals surface area contributed by atoms with Crippen molar-refractivity contribution in [1.29, 1.82) is 0 Å². The summed E-state index contributed by atoms with van der Waals surface area (Å²) in [7, 11) is 4.08. The van der Waals surface area contributed by atoms with Gasteiger partial charge in [-0.2, -0.15) is 0 Å². The van der Waals surface area contributed by atoms with Crippen molar-refractivity contribution in [3.8, 4) is 0 Å². The number of carbonyl (C=O) groups excluding carboxylic acids is 2. The van der Waals surface area contributed by atoms with Gasteiger partial charge >= 0.3 is 5.97 Å². The molecule has 8 heteroatoms. The summed E-state index contributed by atoms with van der Waals surface area (Å²) in [5.74, 6) is -3.49. The van der Waals surface area contributed by atoms with E-state index in [-0.39, 0.29) is 13.0 Å². The number of rotatable bonds is 7. The lowest BCUT2D eigenvalue weighted by molar-refractivity contribution is -0.436. The van der Waals surface area contributed by atoms with Crippen LogP contribution in [0.5, 0.6) is 0 Å². The summed E-state index contributed by atoms with van der Waals surface area (Å²) >= 11 is 0. The van der Waals surface area contributed by atoms with Gasteiger partial charge in [-0.15, -0.1) is 0 Å². The molecule has 0 aromatic carbocycles. The summed E-state index contributed by atoms with van der Waals surface area (Å²) in [5.41, 5.74) is 0. The smallest absolute Gasteiger partial charge is 0.313 e. The second-order valence-electron chi connectivity index (χ2n) is 5.33. The van der Waals surface area contributed by atoms with Gasteiger partial charge in [-0.05, 0) is 13.8 Å². The Morgan fingerprint density at radius 1 is 1.23 bits per heavy atom. The number of hydrogen-bond donors (Lipinski definition) is 1. The first-order valence-electron chi connectivity index (χ1n) is 6.90. The highest BCUT2D eigenvalue weighted by atomic mass is 16.8. The first-order chi connectivity index (χ1) is 10.2. The molecule has 22 heavy (non-hydrogen) atoms. The maximum atomic E-state index is 11.7. The number of ether oxygens (including phenoxy) is 5. The molecule has 4 atom stereocenters. The van der Waals surface area contributed by atoms with Gasteiger partial charge in [0.1, 0.15) is 18.3 Å². The zero-order valence-corrected chi connectivity index (χ0v) is 13.6. The third-order valence-corrected chi connectivity index (χ3v) is 3.94. The van der Waals surface area contributed by atoms with Crippen LogP contribution in [0.15, 0.2) is 0 Å². The molecule has 0 amide bonds. The van der Waals surface area contributed by atoms with Gasteiger partial charge in [-0.25, -0.2) is 0 Å². The molecule has 128 valence electrons. The van der Waals surface area contributed by atoms with Crippen LogP contribution in [-0.4, -0.2) is 68.6 Å². The maximum Gasteiger partial charge on any atom is 0.313 e. The molecule has 1 rings (SSSR count). The van der Waals surface area contributed by atoms with E-state index in [4.69, 9.17) is 18.9 Å². The molecule has 0 bridgehead atoms. The molecule has 0 radical (unpaired) electrons. The summed E-state index contributed by atoms with van der Waals surface area (Å²) in [6.45, 7) is 3.29. The van der Waals surface area contributed by atoms with E-state index in [1.165, 1.54) is 21.3 Å². The predicted octanol–water partition coefficient (Wildman–Crippen LogP) is 0.0102. The Kier molecular flexibility index (Phi) is 6.45. The Labute approximate surface area is 129 Å².